The minimum Gasteiger partial charge on any atom is -0.504 e. The van der Waals surface area contributed by atoms with E-state index in [4.69, 9.17) is 16.3 Å². The molecule has 0 bridgehead atoms. The minimum atomic E-state index is -0.189. The standard InChI is InChI=1S/C16H13ClO3/c1-20-16-9-7-11(10-15(16)19)6-8-14(18)12-4-2-3-5-13(12)17/h2-10,19H,1H3/b8-6+. The predicted octanol–water partition coefficient (Wildman–Crippen LogP) is 3.95. The van der Waals surface area contributed by atoms with Crippen LogP contribution in [0.25, 0.3) is 6.08 Å². The number of phenols is 1. The Balaban J connectivity index is 2.19. The zero-order valence-electron chi connectivity index (χ0n) is 10.8. The van der Waals surface area contributed by atoms with Crippen LogP contribution >= 0.6 is 11.6 Å². The van der Waals surface area contributed by atoms with Crippen molar-refractivity contribution in [2.75, 3.05) is 7.11 Å². The van der Waals surface area contributed by atoms with Gasteiger partial charge in [-0.15, -0.1) is 0 Å². The second-order valence-corrected chi connectivity index (χ2v) is 4.52. The van der Waals surface area contributed by atoms with Crippen molar-refractivity contribution in [1.82, 2.24) is 0 Å². The van der Waals surface area contributed by atoms with E-state index in [1.165, 1.54) is 19.3 Å². The van der Waals surface area contributed by atoms with Crippen LogP contribution in [0.2, 0.25) is 5.02 Å². The molecule has 0 aliphatic carbocycles. The molecule has 0 aliphatic rings. The van der Waals surface area contributed by atoms with Gasteiger partial charge in [0.2, 0.25) is 0 Å². The molecule has 4 heteroatoms. The summed E-state index contributed by atoms with van der Waals surface area (Å²) < 4.78 is 4.95. The van der Waals surface area contributed by atoms with Gasteiger partial charge in [0.25, 0.3) is 0 Å². The number of hydrogen-bond donors (Lipinski definition) is 1. The van der Waals surface area contributed by atoms with Crippen LogP contribution in [-0.2, 0) is 0 Å². The molecule has 0 fully saturated rings. The summed E-state index contributed by atoms with van der Waals surface area (Å²) in [6, 6.07) is 11.8. The van der Waals surface area contributed by atoms with Crippen LogP contribution in [0.1, 0.15) is 15.9 Å². The fourth-order valence-corrected chi connectivity index (χ4v) is 1.96. The van der Waals surface area contributed by atoms with Gasteiger partial charge in [-0.1, -0.05) is 35.9 Å². The molecule has 20 heavy (non-hydrogen) atoms. The molecule has 0 amide bonds. The lowest BCUT2D eigenvalue weighted by Crippen LogP contribution is -1.94. The molecule has 0 saturated heterocycles. The lowest BCUT2D eigenvalue weighted by atomic mass is 10.1. The Kier molecular flexibility index (Phi) is 4.43. The van der Waals surface area contributed by atoms with Crippen molar-refractivity contribution in [3.63, 3.8) is 0 Å². The molecule has 2 rings (SSSR count). The SMILES string of the molecule is COc1ccc(/C=C/C(=O)c2ccccc2Cl)cc1O. The molecule has 0 heterocycles. The highest BCUT2D eigenvalue weighted by atomic mass is 35.5. The molecule has 0 spiro atoms. The van der Waals surface area contributed by atoms with Crippen molar-refractivity contribution in [1.29, 1.82) is 0 Å². The molecule has 0 aromatic heterocycles. The quantitative estimate of drug-likeness (QED) is 0.684. The van der Waals surface area contributed by atoms with Gasteiger partial charge in [0.05, 0.1) is 12.1 Å². The zero-order chi connectivity index (χ0) is 14.5. The average Bonchev–Trinajstić information content (AvgIpc) is 2.45. The van der Waals surface area contributed by atoms with E-state index in [9.17, 15) is 9.90 Å². The number of methoxy groups -OCH3 is 1. The van der Waals surface area contributed by atoms with E-state index in [0.29, 0.717) is 21.9 Å². The largest absolute Gasteiger partial charge is 0.504 e. The third-order valence-electron chi connectivity index (χ3n) is 2.77. The molecular formula is C16H13ClO3. The molecule has 0 radical (unpaired) electrons. The molecule has 2 aromatic rings. The molecule has 1 N–H and O–H groups in total. The summed E-state index contributed by atoms with van der Waals surface area (Å²) in [5.74, 6) is 0.227. The first-order valence-electron chi connectivity index (χ1n) is 5.96. The van der Waals surface area contributed by atoms with E-state index in [0.717, 1.165) is 0 Å². The van der Waals surface area contributed by atoms with E-state index >= 15 is 0 Å². The number of phenolic OH excluding ortho intramolecular Hbond substituents is 1. The molecule has 102 valence electrons. The highest BCUT2D eigenvalue weighted by Crippen LogP contribution is 2.26. The van der Waals surface area contributed by atoms with E-state index in [1.807, 2.05) is 0 Å². The number of ether oxygens (including phenoxy) is 1. The van der Waals surface area contributed by atoms with Crippen molar-refractivity contribution < 1.29 is 14.6 Å². The molecule has 0 saturated carbocycles. The van der Waals surface area contributed by atoms with Gasteiger partial charge in [0.1, 0.15) is 0 Å². The van der Waals surface area contributed by atoms with E-state index in [-0.39, 0.29) is 11.5 Å². The predicted molar refractivity (Wildman–Crippen MR) is 79.5 cm³/mol. The Bertz CT molecular complexity index is 663. The fourth-order valence-electron chi connectivity index (χ4n) is 1.73. The molecular weight excluding hydrogens is 276 g/mol. The lowest BCUT2D eigenvalue weighted by molar-refractivity contribution is 0.104. The number of ketones is 1. The summed E-state index contributed by atoms with van der Waals surface area (Å²) in [4.78, 5) is 12.0. The first kappa shape index (κ1) is 14.2. The number of halogens is 1. The van der Waals surface area contributed by atoms with Crippen LogP contribution in [0, 0.1) is 0 Å². The summed E-state index contributed by atoms with van der Waals surface area (Å²) in [5, 5.41) is 10.1. The summed E-state index contributed by atoms with van der Waals surface area (Å²) in [6.45, 7) is 0. The van der Waals surface area contributed by atoms with E-state index in [1.54, 1.807) is 42.5 Å². The van der Waals surface area contributed by atoms with Crippen molar-refractivity contribution in [3.05, 3.63) is 64.7 Å². The maximum Gasteiger partial charge on any atom is 0.187 e. The summed E-state index contributed by atoms with van der Waals surface area (Å²) >= 11 is 5.95. The molecule has 0 aliphatic heterocycles. The van der Waals surface area contributed by atoms with Gasteiger partial charge in [-0.3, -0.25) is 4.79 Å². The number of hydrogen-bond acceptors (Lipinski definition) is 3. The Morgan fingerprint density at radius 3 is 2.65 bits per heavy atom. The average molecular weight is 289 g/mol. The lowest BCUT2D eigenvalue weighted by Gasteiger charge is -2.03. The smallest absolute Gasteiger partial charge is 0.187 e. The Morgan fingerprint density at radius 1 is 1.25 bits per heavy atom. The fraction of sp³-hybridized carbons (Fsp3) is 0.0625. The molecule has 2 aromatic carbocycles. The molecule has 3 nitrogen and oxygen atoms in total. The third kappa shape index (κ3) is 3.19. The summed E-state index contributed by atoms with van der Waals surface area (Å²) in [7, 11) is 1.48. The van der Waals surface area contributed by atoms with Crippen molar-refractivity contribution in [3.8, 4) is 11.5 Å². The second-order valence-electron chi connectivity index (χ2n) is 4.11. The number of benzene rings is 2. The second kappa shape index (κ2) is 6.26. The molecule has 0 unspecified atom stereocenters. The maximum atomic E-state index is 12.0. The summed E-state index contributed by atoms with van der Waals surface area (Å²) in [6.07, 6.45) is 3.04. The van der Waals surface area contributed by atoms with Gasteiger partial charge >= 0.3 is 0 Å². The number of allylic oxidation sites excluding steroid dienone is 1. The first-order chi connectivity index (χ1) is 9.61. The van der Waals surface area contributed by atoms with Crippen LogP contribution in [0.4, 0.5) is 0 Å². The Hall–Kier alpha value is -2.26. The summed E-state index contributed by atoms with van der Waals surface area (Å²) in [5.41, 5.74) is 1.15. The van der Waals surface area contributed by atoms with Crippen molar-refractivity contribution in [2.24, 2.45) is 0 Å². The normalized spacial score (nSPS) is 10.7. The Labute approximate surface area is 122 Å². The minimum absolute atomic E-state index is 0.0276. The van der Waals surface area contributed by atoms with Crippen molar-refractivity contribution >= 4 is 23.5 Å². The molecule has 0 atom stereocenters. The first-order valence-corrected chi connectivity index (χ1v) is 6.33. The van der Waals surface area contributed by atoms with Gasteiger partial charge in [0, 0.05) is 5.56 Å². The third-order valence-corrected chi connectivity index (χ3v) is 3.10. The van der Waals surface area contributed by atoms with Gasteiger partial charge in [-0.2, -0.15) is 0 Å². The number of carbonyl (C=O) groups is 1. The van der Waals surface area contributed by atoms with Crippen LogP contribution in [-0.4, -0.2) is 18.0 Å². The van der Waals surface area contributed by atoms with E-state index < -0.39 is 0 Å². The zero-order valence-corrected chi connectivity index (χ0v) is 11.6. The monoisotopic (exact) mass is 288 g/mol. The van der Waals surface area contributed by atoms with Crippen molar-refractivity contribution in [2.45, 2.75) is 0 Å². The highest BCUT2D eigenvalue weighted by molar-refractivity contribution is 6.34. The topological polar surface area (TPSA) is 46.5 Å². The van der Waals surface area contributed by atoms with E-state index in [2.05, 4.69) is 0 Å². The van der Waals surface area contributed by atoms with Crippen LogP contribution in [0.3, 0.4) is 0 Å². The van der Waals surface area contributed by atoms with Gasteiger partial charge in [-0.25, -0.2) is 0 Å². The van der Waals surface area contributed by atoms with Crippen LogP contribution in [0.5, 0.6) is 11.5 Å². The number of aromatic hydroxyl groups is 1. The van der Waals surface area contributed by atoms with Crippen LogP contribution in [0.15, 0.2) is 48.5 Å². The maximum absolute atomic E-state index is 12.0. The number of carbonyl (C=O) groups excluding carboxylic acids is 1. The van der Waals surface area contributed by atoms with Crippen LogP contribution < -0.4 is 4.74 Å². The van der Waals surface area contributed by atoms with Gasteiger partial charge < -0.3 is 9.84 Å². The number of rotatable bonds is 4. The highest BCUT2D eigenvalue weighted by Gasteiger charge is 2.06. The van der Waals surface area contributed by atoms with Gasteiger partial charge in [0.15, 0.2) is 17.3 Å². The van der Waals surface area contributed by atoms with Gasteiger partial charge in [-0.05, 0) is 35.9 Å². The Morgan fingerprint density at radius 2 is 2.00 bits per heavy atom.